The normalized spacial score (nSPS) is 22.0. The van der Waals surface area contributed by atoms with E-state index in [1.165, 1.54) is 0 Å². The molecule has 0 spiro atoms. The highest BCUT2D eigenvalue weighted by Gasteiger charge is 2.49. The van der Waals surface area contributed by atoms with Gasteiger partial charge < -0.3 is 18.6 Å². The van der Waals surface area contributed by atoms with Gasteiger partial charge in [-0.15, -0.1) is 0 Å². The molecule has 5 nitrogen and oxygen atoms in total. The standard InChI is InChI=1S/C37H42O5SSi/c1-44(2,3)42-34-33(25-24-32(38)30-20-12-6-13-21-30)41-37(43-31-22-14-7-15-23-31)36(40-27-29-18-10-5-11-19-29)35(34)39-26-28-16-8-4-9-17-28/h4-23,33-37H,24-27H2,1-3H3/t33-,34-,35+,36+,37-/m1/s1. The van der Waals surface area contributed by atoms with E-state index in [1.807, 2.05) is 84.9 Å². The quantitative estimate of drug-likeness (QED) is 0.103. The van der Waals surface area contributed by atoms with Crippen molar-refractivity contribution in [3.63, 3.8) is 0 Å². The van der Waals surface area contributed by atoms with Gasteiger partial charge in [0, 0.05) is 16.9 Å². The van der Waals surface area contributed by atoms with Crippen LogP contribution in [0.3, 0.4) is 0 Å². The average molecular weight is 627 g/mol. The first-order chi connectivity index (χ1) is 21.4. The van der Waals surface area contributed by atoms with E-state index in [4.69, 9.17) is 18.6 Å². The molecule has 0 saturated carbocycles. The fraction of sp³-hybridized carbons (Fsp3) is 0.324. The third-order valence-electron chi connectivity index (χ3n) is 7.40. The van der Waals surface area contributed by atoms with E-state index in [2.05, 4.69) is 56.0 Å². The fourth-order valence-electron chi connectivity index (χ4n) is 5.33. The van der Waals surface area contributed by atoms with Crippen LogP contribution in [0.15, 0.2) is 126 Å². The molecule has 0 radical (unpaired) electrons. The highest BCUT2D eigenvalue weighted by atomic mass is 32.2. The molecular weight excluding hydrogens is 585 g/mol. The Hall–Kier alpha value is -3.04. The molecule has 1 heterocycles. The van der Waals surface area contributed by atoms with Crippen LogP contribution in [-0.4, -0.2) is 44.0 Å². The van der Waals surface area contributed by atoms with E-state index in [9.17, 15) is 4.79 Å². The van der Waals surface area contributed by atoms with Gasteiger partial charge in [-0.1, -0.05) is 121 Å². The Kier molecular flexibility index (Phi) is 11.6. The van der Waals surface area contributed by atoms with Crippen molar-refractivity contribution in [1.29, 1.82) is 0 Å². The molecule has 0 N–H and O–H groups in total. The van der Waals surface area contributed by atoms with Crippen molar-refractivity contribution in [2.45, 2.75) is 80.4 Å². The first-order valence-corrected chi connectivity index (χ1v) is 19.6. The maximum Gasteiger partial charge on any atom is 0.184 e. The second-order valence-corrected chi connectivity index (χ2v) is 17.7. The molecular formula is C37H42O5SSi. The van der Waals surface area contributed by atoms with Crippen molar-refractivity contribution in [2.24, 2.45) is 0 Å². The first kappa shape index (κ1) is 32.4. The van der Waals surface area contributed by atoms with E-state index in [-0.39, 0.29) is 17.3 Å². The zero-order valence-corrected chi connectivity index (χ0v) is 27.5. The summed E-state index contributed by atoms with van der Waals surface area (Å²) in [4.78, 5) is 14.3. The number of rotatable bonds is 14. The van der Waals surface area contributed by atoms with Crippen LogP contribution < -0.4 is 0 Å². The van der Waals surface area contributed by atoms with Gasteiger partial charge >= 0.3 is 0 Å². The molecule has 4 aromatic rings. The number of benzene rings is 4. The number of Topliss-reactive ketones (excluding diaryl/α,β-unsaturated/α-hetero) is 1. The molecule has 1 aliphatic rings. The van der Waals surface area contributed by atoms with Crippen molar-refractivity contribution in [3.8, 4) is 0 Å². The molecule has 7 heteroatoms. The van der Waals surface area contributed by atoms with Gasteiger partial charge in [-0.3, -0.25) is 4.79 Å². The van der Waals surface area contributed by atoms with Gasteiger partial charge in [0.1, 0.15) is 23.7 Å². The van der Waals surface area contributed by atoms with Gasteiger partial charge in [0.25, 0.3) is 0 Å². The lowest BCUT2D eigenvalue weighted by molar-refractivity contribution is -0.228. The van der Waals surface area contributed by atoms with Gasteiger partial charge in [-0.05, 0) is 49.3 Å². The summed E-state index contributed by atoms with van der Waals surface area (Å²) >= 11 is 1.63. The Morgan fingerprint density at radius 1 is 0.682 bits per heavy atom. The van der Waals surface area contributed by atoms with Crippen LogP contribution in [0.25, 0.3) is 0 Å². The van der Waals surface area contributed by atoms with E-state index in [1.54, 1.807) is 11.8 Å². The summed E-state index contributed by atoms with van der Waals surface area (Å²) in [6.07, 6.45) is -0.728. The molecule has 1 aliphatic heterocycles. The summed E-state index contributed by atoms with van der Waals surface area (Å²) in [5, 5.41) is 0. The Labute approximate surface area is 267 Å². The summed E-state index contributed by atoms with van der Waals surface area (Å²) in [6, 6.07) is 40.1. The van der Waals surface area contributed by atoms with Gasteiger partial charge in [-0.2, -0.15) is 0 Å². The van der Waals surface area contributed by atoms with Crippen molar-refractivity contribution in [2.75, 3.05) is 0 Å². The minimum absolute atomic E-state index is 0.0948. The van der Waals surface area contributed by atoms with E-state index in [0.717, 1.165) is 16.0 Å². The summed E-state index contributed by atoms with van der Waals surface area (Å²) in [5.41, 5.74) is 2.49. The highest BCUT2D eigenvalue weighted by Crippen LogP contribution is 2.40. The molecule has 0 unspecified atom stereocenters. The molecule has 0 aromatic heterocycles. The van der Waals surface area contributed by atoms with Crippen LogP contribution in [0.4, 0.5) is 0 Å². The molecule has 4 aromatic carbocycles. The smallest absolute Gasteiger partial charge is 0.184 e. The molecule has 1 saturated heterocycles. The van der Waals surface area contributed by atoms with E-state index >= 15 is 0 Å². The molecule has 0 aliphatic carbocycles. The van der Waals surface area contributed by atoms with Crippen molar-refractivity contribution >= 4 is 25.9 Å². The van der Waals surface area contributed by atoms with Crippen LogP contribution >= 0.6 is 11.8 Å². The molecule has 1 fully saturated rings. The van der Waals surface area contributed by atoms with Crippen LogP contribution in [0.2, 0.25) is 19.6 Å². The van der Waals surface area contributed by atoms with E-state index in [0.29, 0.717) is 31.6 Å². The predicted octanol–water partition coefficient (Wildman–Crippen LogP) is 8.56. The lowest BCUT2D eigenvalue weighted by Crippen LogP contribution is -2.61. The molecule has 44 heavy (non-hydrogen) atoms. The maximum absolute atomic E-state index is 13.2. The number of ketones is 1. The van der Waals surface area contributed by atoms with Gasteiger partial charge in [0.2, 0.25) is 0 Å². The summed E-state index contributed by atoms with van der Waals surface area (Å²) in [6.45, 7) is 7.37. The molecule has 0 bridgehead atoms. The SMILES string of the molecule is C[Si](C)(C)O[C@H]1[C@H](OCc2ccccc2)[C@H](OCc2ccccc2)[C@@H](Sc2ccccc2)O[C@@H]1CCC(=O)c1ccccc1. The molecule has 5 rings (SSSR count). The zero-order valence-electron chi connectivity index (χ0n) is 25.7. The predicted molar refractivity (Wildman–Crippen MR) is 179 cm³/mol. The van der Waals surface area contributed by atoms with Crippen LogP contribution in [0.1, 0.15) is 34.3 Å². The number of hydrogen-bond donors (Lipinski definition) is 0. The van der Waals surface area contributed by atoms with Gasteiger partial charge in [0.15, 0.2) is 14.1 Å². The maximum atomic E-state index is 13.2. The van der Waals surface area contributed by atoms with Gasteiger partial charge in [0.05, 0.1) is 19.3 Å². The zero-order chi connectivity index (χ0) is 30.8. The van der Waals surface area contributed by atoms with Crippen molar-refractivity contribution in [3.05, 3.63) is 138 Å². The first-order valence-electron chi connectivity index (χ1n) is 15.3. The third-order valence-corrected chi connectivity index (χ3v) is 9.53. The van der Waals surface area contributed by atoms with Crippen molar-refractivity contribution < 1.29 is 23.4 Å². The van der Waals surface area contributed by atoms with Crippen LogP contribution in [-0.2, 0) is 31.9 Å². The topological polar surface area (TPSA) is 54.0 Å². The Balaban J connectivity index is 1.47. The van der Waals surface area contributed by atoms with Crippen LogP contribution in [0.5, 0.6) is 0 Å². The number of carbonyl (C=O) groups is 1. The second kappa shape index (κ2) is 15.8. The number of ether oxygens (including phenoxy) is 3. The molecule has 230 valence electrons. The average Bonchev–Trinajstić information content (AvgIpc) is 3.04. The molecule has 5 atom stereocenters. The van der Waals surface area contributed by atoms with Gasteiger partial charge in [-0.25, -0.2) is 0 Å². The monoisotopic (exact) mass is 626 g/mol. The van der Waals surface area contributed by atoms with Crippen molar-refractivity contribution in [1.82, 2.24) is 0 Å². The minimum atomic E-state index is -2.08. The number of hydrogen-bond acceptors (Lipinski definition) is 6. The summed E-state index contributed by atoms with van der Waals surface area (Å²) < 4.78 is 27.4. The summed E-state index contributed by atoms with van der Waals surface area (Å²) in [5.74, 6) is 0.0948. The Morgan fingerprint density at radius 3 is 1.73 bits per heavy atom. The highest BCUT2D eigenvalue weighted by molar-refractivity contribution is 7.99. The summed E-state index contributed by atoms with van der Waals surface area (Å²) in [7, 11) is -2.08. The Bertz CT molecular complexity index is 1420. The lowest BCUT2D eigenvalue weighted by Gasteiger charge is -2.48. The minimum Gasteiger partial charge on any atom is -0.409 e. The largest absolute Gasteiger partial charge is 0.409 e. The van der Waals surface area contributed by atoms with Crippen LogP contribution in [0, 0.1) is 0 Å². The number of thioether (sulfide) groups is 1. The Morgan fingerprint density at radius 2 is 1.18 bits per heavy atom. The number of carbonyl (C=O) groups excluding carboxylic acids is 1. The fourth-order valence-corrected chi connectivity index (χ4v) is 7.58. The lowest BCUT2D eigenvalue weighted by atomic mass is 9.94. The second-order valence-electron chi connectivity index (χ2n) is 12.0. The molecule has 0 amide bonds. The van der Waals surface area contributed by atoms with E-state index < -0.39 is 26.6 Å². The third kappa shape index (κ3) is 9.48.